The number of hydrogen-bond donors (Lipinski definition) is 1. The second kappa shape index (κ2) is 11.0. The van der Waals surface area contributed by atoms with Crippen molar-refractivity contribution in [2.75, 3.05) is 13.2 Å². The smallest absolute Gasteiger partial charge is 0.339 e. The summed E-state index contributed by atoms with van der Waals surface area (Å²) >= 11 is 0. The van der Waals surface area contributed by atoms with Crippen LogP contribution in [0.15, 0.2) is 47.6 Å². The van der Waals surface area contributed by atoms with E-state index < -0.39 is 11.9 Å². The van der Waals surface area contributed by atoms with Gasteiger partial charge in [-0.15, -0.1) is 0 Å². The molecule has 0 radical (unpaired) electrons. The molecule has 5 heteroatoms. The van der Waals surface area contributed by atoms with Crippen LogP contribution in [0.25, 0.3) is 0 Å². The molecule has 0 heterocycles. The summed E-state index contributed by atoms with van der Waals surface area (Å²) in [4.78, 5) is 34.6. The van der Waals surface area contributed by atoms with Crippen LogP contribution in [-0.4, -0.2) is 31.3 Å². The van der Waals surface area contributed by atoms with Gasteiger partial charge < -0.3 is 14.8 Å². The lowest BCUT2D eigenvalue weighted by Crippen LogP contribution is -2.27. The Bertz CT molecular complexity index is 670. The lowest BCUT2D eigenvalue weighted by Gasteiger charge is -2.08. The highest BCUT2D eigenvalue weighted by Crippen LogP contribution is 2.11. The van der Waals surface area contributed by atoms with Gasteiger partial charge in [-0.1, -0.05) is 29.4 Å². The van der Waals surface area contributed by atoms with Gasteiger partial charge in [-0.2, -0.15) is 0 Å². The van der Waals surface area contributed by atoms with Crippen LogP contribution in [0.3, 0.4) is 0 Å². The van der Waals surface area contributed by atoms with E-state index in [2.05, 4.69) is 25.2 Å². The minimum Gasteiger partial charge on any atom is -0.458 e. The molecule has 0 unspecified atom stereocenters. The van der Waals surface area contributed by atoms with Gasteiger partial charge in [0.05, 0.1) is 17.7 Å². The number of rotatable bonds is 9. The van der Waals surface area contributed by atoms with Crippen molar-refractivity contribution in [2.24, 2.45) is 0 Å². The third-order valence-corrected chi connectivity index (χ3v) is 3.48. The maximum absolute atomic E-state index is 12.2. The first-order valence-electron chi connectivity index (χ1n) is 8.22. The van der Waals surface area contributed by atoms with Crippen LogP contribution in [0.1, 0.15) is 54.3 Å². The van der Waals surface area contributed by atoms with E-state index in [0.29, 0.717) is 6.29 Å². The predicted octanol–water partition coefficient (Wildman–Crippen LogP) is 3.46. The van der Waals surface area contributed by atoms with Crippen LogP contribution >= 0.6 is 0 Å². The summed E-state index contributed by atoms with van der Waals surface area (Å²) in [6.45, 7) is 6.17. The molecular weight excluding hydrogens is 318 g/mol. The molecule has 134 valence electrons. The van der Waals surface area contributed by atoms with Crippen molar-refractivity contribution in [1.29, 1.82) is 0 Å². The quantitative estimate of drug-likeness (QED) is 0.423. The first kappa shape index (κ1) is 20.4. The summed E-state index contributed by atoms with van der Waals surface area (Å²) in [5, 5.41) is 2.42. The minimum atomic E-state index is -0.565. The fourth-order valence-electron chi connectivity index (χ4n) is 2.12. The zero-order valence-electron chi connectivity index (χ0n) is 15.0. The Kier molecular flexibility index (Phi) is 8.93. The van der Waals surface area contributed by atoms with E-state index in [1.807, 2.05) is 13.0 Å². The lowest BCUT2D eigenvalue weighted by molar-refractivity contribution is -0.107. The number of carbonyl (C=O) groups is 3. The molecule has 0 aliphatic heterocycles. The Morgan fingerprint density at radius 1 is 1.08 bits per heavy atom. The molecule has 0 bridgehead atoms. The third-order valence-electron chi connectivity index (χ3n) is 3.48. The number of nitrogens with one attached hydrogen (secondary N) is 1. The molecule has 0 fully saturated rings. The molecule has 0 saturated heterocycles. The zero-order valence-corrected chi connectivity index (χ0v) is 15.0. The van der Waals surface area contributed by atoms with Gasteiger partial charge in [0.15, 0.2) is 0 Å². The molecule has 5 nitrogen and oxygen atoms in total. The summed E-state index contributed by atoms with van der Waals surface area (Å²) in [5.41, 5.74) is 2.80. The van der Waals surface area contributed by atoms with Gasteiger partial charge in [-0.25, -0.2) is 4.79 Å². The van der Waals surface area contributed by atoms with Crippen molar-refractivity contribution in [3.05, 3.63) is 58.7 Å². The predicted molar refractivity (Wildman–Crippen MR) is 97.5 cm³/mol. The van der Waals surface area contributed by atoms with Crippen molar-refractivity contribution >= 4 is 18.2 Å². The van der Waals surface area contributed by atoms with E-state index >= 15 is 0 Å². The van der Waals surface area contributed by atoms with Gasteiger partial charge in [0.2, 0.25) is 0 Å². The number of ether oxygens (including phenoxy) is 1. The minimum absolute atomic E-state index is 0.101. The van der Waals surface area contributed by atoms with Crippen molar-refractivity contribution < 1.29 is 19.1 Å². The van der Waals surface area contributed by atoms with Crippen LogP contribution < -0.4 is 5.32 Å². The Morgan fingerprint density at radius 2 is 1.76 bits per heavy atom. The van der Waals surface area contributed by atoms with Gasteiger partial charge in [0.1, 0.15) is 12.9 Å². The molecule has 0 aliphatic rings. The molecule has 1 aromatic rings. The second-order valence-corrected chi connectivity index (χ2v) is 5.89. The average molecular weight is 343 g/mol. The lowest BCUT2D eigenvalue weighted by atomic mass is 10.1. The summed E-state index contributed by atoms with van der Waals surface area (Å²) in [7, 11) is 0. The van der Waals surface area contributed by atoms with Gasteiger partial charge in [0.25, 0.3) is 5.91 Å². The standard InChI is InChI=1S/C20H25NO4/c1-15(2)7-6-8-16(3)11-14-25-20(24)18-10-5-4-9-17(18)19(23)21-12-13-22/h4-5,7,9-11,13H,6,8,12,14H2,1-3H3,(H,21,23)/b16-11+. The largest absolute Gasteiger partial charge is 0.458 e. The van der Waals surface area contributed by atoms with E-state index in [9.17, 15) is 14.4 Å². The van der Waals surface area contributed by atoms with E-state index in [4.69, 9.17) is 4.74 Å². The van der Waals surface area contributed by atoms with Gasteiger partial charge in [-0.05, 0) is 51.8 Å². The molecule has 1 amide bonds. The van der Waals surface area contributed by atoms with Crippen LogP contribution in [-0.2, 0) is 9.53 Å². The number of allylic oxidation sites excluding steroid dienone is 3. The molecule has 0 saturated carbocycles. The Hall–Kier alpha value is -2.69. The number of aldehydes is 1. The fraction of sp³-hybridized carbons (Fsp3) is 0.350. The maximum Gasteiger partial charge on any atom is 0.339 e. The van der Waals surface area contributed by atoms with Crippen LogP contribution in [0.5, 0.6) is 0 Å². The molecule has 1 N–H and O–H groups in total. The summed E-state index contributed by atoms with van der Waals surface area (Å²) in [6, 6.07) is 6.37. The van der Waals surface area contributed by atoms with Crippen LogP contribution in [0, 0.1) is 0 Å². The molecule has 0 aromatic heterocycles. The van der Waals surface area contributed by atoms with Crippen molar-refractivity contribution in [1.82, 2.24) is 5.32 Å². The number of esters is 1. The van der Waals surface area contributed by atoms with Crippen LogP contribution in [0.2, 0.25) is 0 Å². The van der Waals surface area contributed by atoms with Crippen molar-refractivity contribution in [2.45, 2.75) is 33.6 Å². The first-order chi connectivity index (χ1) is 12.0. The zero-order chi connectivity index (χ0) is 18.7. The monoisotopic (exact) mass is 343 g/mol. The number of amides is 1. The highest BCUT2D eigenvalue weighted by molar-refractivity contribution is 6.05. The number of benzene rings is 1. The molecule has 0 spiro atoms. The van der Waals surface area contributed by atoms with E-state index in [-0.39, 0.29) is 24.3 Å². The highest BCUT2D eigenvalue weighted by Gasteiger charge is 2.17. The van der Waals surface area contributed by atoms with Crippen molar-refractivity contribution in [3.63, 3.8) is 0 Å². The highest BCUT2D eigenvalue weighted by atomic mass is 16.5. The Morgan fingerprint density at radius 3 is 2.40 bits per heavy atom. The van der Waals surface area contributed by atoms with Crippen molar-refractivity contribution in [3.8, 4) is 0 Å². The Labute approximate surface area is 148 Å². The molecule has 1 aromatic carbocycles. The molecule has 25 heavy (non-hydrogen) atoms. The van der Waals surface area contributed by atoms with E-state index in [1.165, 1.54) is 17.7 Å². The van der Waals surface area contributed by atoms with E-state index in [1.54, 1.807) is 12.1 Å². The molecule has 1 rings (SSSR count). The second-order valence-electron chi connectivity index (χ2n) is 5.89. The number of hydrogen-bond acceptors (Lipinski definition) is 4. The van der Waals surface area contributed by atoms with Crippen LogP contribution in [0.4, 0.5) is 0 Å². The fourth-order valence-corrected chi connectivity index (χ4v) is 2.12. The normalized spacial score (nSPS) is 10.8. The Balaban J connectivity index is 2.64. The van der Waals surface area contributed by atoms with Gasteiger partial charge in [-0.3, -0.25) is 4.79 Å². The third kappa shape index (κ3) is 7.61. The summed E-state index contributed by atoms with van der Waals surface area (Å²) in [5.74, 6) is -1.04. The molecule has 0 atom stereocenters. The SMILES string of the molecule is CC(C)=CCC/C(C)=C/COC(=O)c1ccccc1C(=O)NCC=O. The average Bonchev–Trinajstić information content (AvgIpc) is 2.59. The topological polar surface area (TPSA) is 72.5 Å². The summed E-state index contributed by atoms with van der Waals surface area (Å²) in [6.07, 6.45) is 6.48. The van der Waals surface area contributed by atoms with E-state index in [0.717, 1.165) is 18.4 Å². The van der Waals surface area contributed by atoms with Gasteiger partial charge >= 0.3 is 5.97 Å². The van der Waals surface area contributed by atoms with Gasteiger partial charge in [0, 0.05) is 0 Å². The molecular formula is C20H25NO4. The first-order valence-corrected chi connectivity index (χ1v) is 8.22. The number of carbonyl (C=O) groups excluding carboxylic acids is 3. The maximum atomic E-state index is 12.2. The molecule has 0 aliphatic carbocycles. The summed E-state index contributed by atoms with van der Waals surface area (Å²) < 4.78 is 5.24.